The fraction of sp³-hybridized carbons (Fsp3) is 0.226. The maximum absolute atomic E-state index is 13.0. The predicted molar refractivity (Wildman–Crippen MR) is 161 cm³/mol. The van der Waals surface area contributed by atoms with Crippen molar-refractivity contribution in [1.82, 2.24) is 14.5 Å². The number of ether oxygens (including phenoxy) is 1. The number of carbonyl (C=O) groups excluding carboxylic acids is 1. The number of aryl methyl sites for hydroxylation is 1. The zero-order chi connectivity index (χ0) is 28.8. The number of fused-ring (bicyclic) bond motifs is 1. The largest absolute Gasteiger partial charge is 0.360 e. The summed E-state index contributed by atoms with van der Waals surface area (Å²) >= 11 is 7.73. The Hall–Kier alpha value is -3.85. The van der Waals surface area contributed by atoms with Crippen LogP contribution in [-0.2, 0) is 9.53 Å². The molecular weight excluding hydrogens is 546 g/mol. The van der Waals surface area contributed by atoms with Gasteiger partial charge in [-0.3, -0.25) is 19.1 Å². The number of benzene rings is 3. The zero-order valence-corrected chi connectivity index (χ0v) is 24.3. The van der Waals surface area contributed by atoms with Crippen molar-refractivity contribution >= 4 is 38.9 Å². The maximum atomic E-state index is 13.0. The molecule has 0 aliphatic heterocycles. The standard InChI is InChI=1S/C31H28ClN3O4S/c1-17-15-23-28(26(19-9-11-21(32)12-10-19)25(17)27(18(2)36)39-31(3,4)5)40-29(33-23)20-7-6-8-22(16-20)35-14-13-24(37)34-30(35)38/h6-16,27H,1-5H3,(H,34,37,38)/t27-/m1/s1. The van der Waals surface area contributed by atoms with Gasteiger partial charge in [0.25, 0.3) is 5.56 Å². The molecule has 1 atom stereocenters. The lowest BCUT2D eigenvalue weighted by molar-refractivity contribution is -0.138. The van der Waals surface area contributed by atoms with Crippen molar-refractivity contribution in [2.45, 2.75) is 46.3 Å². The van der Waals surface area contributed by atoms with Crippen LogP contribution >= 0.6 is 22.9 Å². The van der Waals surface area contributed by atoms with Crippen LogP contribution in [0.3, 0.4) is 0 Å². The summed E-state index contributed by atoms with van der Waals surface area (Å²) in [5.41, 5.74) is 4.17. The number of aromatic amines is 1. The van der Waals surface area contributed by atoms with E-state index < -0.39 is 23.0 Å². The van der Waals surface area contributed by atoms with E-state index in [-0.39, 0.29) is 5.78 Å². The number of hydrogen-bond acceptors (Lipinski definition) is 6. The van der Waals surface area contributed by atoms with E-state index in [0.29, 0.717) is 10.7 Å². The molecule has 0 radical (unpaired) electrons. The van der Waals surface area contributed by atoms with E-state index in [4.69, 9.17) is 21.3 Å². The number of H-pyrrole nitrogens is 1. The van der Waals surface area contributed by atoms with Crippen LogP contribution in [0.15, 0.2) is 76.4 Å². The molecule has 0 aliphatic carbocycles. The van der Waals surface area contributed by atoms with Gasteiger partial charge >= 0.3 is 5.69 Å². The smallest absolute Gasteiger partial charge is 0.332 e. The molecule has 7 nitrogen and oxygen atoms in total. The van der Waals surface area contributed by atoms with E-state index in [1.165, 1.54) is 28.2 Å². The fourth-order valence-corrected chi connectivity index (χ4v) is 5.93. The Labute approximate surface area is 240 Å². The number of thiazole rings is 1. The highest BCUT2D eigenvalue weighted by atomic mass is 35.5. The van der Waals surface area contributed by atoms with Crippen LogP contribution in [0.5, 0.6) is 0 Å². The van der Waals surface area contributed by atoms with Crippen molar-refractivity contribution in [2.75, 3.05) is 0 Å². The fourth-order valence-electron chi connectivity index (χ4n) is 4.68. The highest BCUT2D eigenvalue weighted by Gasteiger charge is 2.30. The van der Waals surface area contributed by atoms with Gasteiger partial charge in [-0.2, -0.15) is 0 Å². The number of aromatic nitrogens is 3. The average molecular weight is 574 g/mol. The van der Waals surface area contributed by atoms with E-state index >= 15 is 0 Å². The summed E-state index contributed by atoms with van der Waals surface area (Å²) in [6.45, 7) is 9.32. The van der Waals surface area contributed by atoms with Crippen molar-refractivity contribution < 1.29 is 9.53 Å². The molecule has 0 fully saturated rings. The van der Waals surface area contributed by atoms with Crippen LogP contribution in [0.1, 0.15) is 44.9 Å². The summed E-state index contributed by atoms with van der Waals surface area (Å²) in [7, 11) is 0. The minimum Gasteiger partial charge on any atom is -0.360 e. The molecule has 0 unspecified atom stereocenters. The number of halogens is 1. The first kappa shape index (κ1) is 27.7. The van der Waals surface area contributed by atoms with Gasteiger partial charge in [0.2, 0.25) is 0 Å². The number of rotatable bonds is 6. The molecule has 204 valence electrons. The lowest BCUT2D eigenvalue weighted by Crippen LogP contribution is -2.27. The van der Waals surface area contributed by atoms with Gasteiger partial charge in [-0.05, 0) is 76.1 Å². The monoisotopic (exact) mass is 573 g/mol. The molecule has 0 aliphatic rings. The molecule has 0 bridgehead atoms. The Bertz CT molecular complexity index is 1860. The van der Waals surface area contributed by atoms with Crippen LogP contribution in [-0.4, -0.2) is 25.9 Å². The number of hydrogen-bond donors (Lipinski definition) is 1. The van der Waals surface area contributed by atoms with Crippen LogP contribution in [0.4, 0.5) is 0 Å². The number of Topliss-reactive ketones (excluding diaryl/α,β-unsaturated/α-hetero) is 1. The molecule has 0 spiro atoms. The van der Waals surface area contributed by atoms with Crippen LogP contribution in [0.2, 0.25) is 5.02 Å². The SMILES string of the molecule is CC(=O)[C@@H](OC(C)(C)C)c1c(C)cc2nc(-c3cccc(-n4ccc(=O)[nH]c4=O)c3)sc2c1-c1ccc(Cl)cc1. The summed E-state index contributed by atoms with van der Waals surface area (Å²) in [6, 6.07) is 18.2. The third kappa shape index (κ3) is 5.56. The topological polar surface area (TPSA) is 94.0 Å². The van der Waals surface area contributed by atoms with Crippen molar-refractivity contribution in [2.24, 2.45) is 0 Å². The molecule has 2 heterocycles. The molecule has 40 heavy (non-hydrogen) atoms. The Balaban J connectivity index is 1.74. The van der Waals surface area contributed by atoms with Gasteiger partial charge in [-0.1, -0.05) is 35.9 Å². The van der Waals surface area contributed by atoms with Crippen LogP contribution in [0, 0.1) is 6.92 Å². The Kier molecular flexibility index (Phi) is 7.35. The van der Waals surface area contributed by atoms with E-state index in [9.17, 15) is 14.4 Å². The third-order valence-corrected chi connectivity index (χ3v) is 7.75. The number of ketones is 1. The van der Waals surface area contributed by atoms with Crippen molar-refractivity contribution in [1.29, 1.82) is 0 Å². The Morgan fingerprint density at radius 3 is 2.42 bits per heavy atom. The normalized spacial score (nSPS) is 12.6. The van der Waals surface area contributed by atoms with Crippen molar-refractivity contribution in [3.05, 3.63) is 104 Å². The van der Waals surface area contributed by atoms with Gasteiger partial charge in [-0.15, -0.1) is 11.3 Å². The molecule has 9 heteroatoms. The van der Waals surface area contributed by atoms with Gasteiger partial charge < -0.3 is 4.74 Å². The zero-order valence-electron chi connectivity index (χ0n) is 22.7. The number of carbonyl (C=O) groups is 1. The molecule has 0 amide bonds. The molecule has 5 aromatic rings. The second kappa shape index (κ2) is 10.6. The highest BCUT2D eigenvalue weighted by Crippen LogP contribution is 2.44. The van der Waals surface area contributed by atoms with E-state index in [2.05, 4.69) is 4.98 Å². The quantitative estimate of drug-likeness (QED) is 0.239. The Morgan fingerprint density at radius 2 is 1.77 bits per heavy atom. The molecule has 0 saturated carbocycles. The third-order valence-electron chi connectivity index (χ3n) is 6.36. The average Bonchev–Trinajstić information content (AvgIpc) is 3.30. The predicted octanol–water partition coefficient (Wildman–Crippen LogP) is 6.88. The molecule has 1 N–H and O–H groups in total. The summed E-state index contributed by atoms with van der Waals surface area (Å²) in [4.78, 5) is 44.2. The lowest BCUT2D eigenvalue weighted by Gasteiger charge is -2.29. The minimum absolute atomic E-state index is 0.0867. The molecular formula is C31H28ClN3O4S. The van der Waals surface area contributed by atoms with Crippen LogP contribution in [0.25, 0.3) is 37.6 Å². The second-order valence-corrected chi connectivity index (χ2v) is 12.0. The number of nitrogens with one attached hydrogen (secondary N) is 1. The summed E-state index contributed by atoms with van der Waals surface area (Å²) in [5, 5.41) is 1.36. The van der Waals surface area contributed by atoms with Gasteiger partial charge in [0, 0.05) is 34.0 Å². The van der Waals surface area contributed by atoms with Gasteiger partial charge in [0.1, 0.15) is 11.1 Å². The molecule has 5 rings (SSSR count). The van der Waals surface area contributed by atoms with Gasteiger partial charge in [0.15, 0.2) is 5.78 Å². The van der Waals surface area contributed by atoms with Crippen molar-refractivity contribution in [3.8, 4) is 27.4 Å². The first-order valence-corrected chi connectivity index (χ1v) is 13.9. The van der Waals surface area contributed by atoms with Crippen molar-refractivity contribution in [3.63, 3.8) is 0 Å². The maximum Gasteiger partial charge on any atom is 0.332 e. The number of nitrogens with zero attached hydrogens (tertiary/aromatic N) is 2. The minimum atomic E-state index is -0.768. The molecule has 3 aromatic carbocycles. The summed E-state index contributed by atoms with van der Waals surface area (Å²) in [5.74, 6) is -0.0867. The first-order chi connectivity index (χ1) is 18.9. The van der Waals surface area contributed by atoms with E-state index in [0.717, 1.165) is 43.0 Å². The summed E-state index contributed by atoms with van der Waals surface area (Å²) < 4.78 is 8.61. The van der Waals surface area contributed by atoms with Crippen LogP contribution < -0.4 is 11.2 Å². The summed E-state index contributed by atoms with van der Waals surface area (Å²) in [6.07, 6.45) is 0.681. The highest BCUT2D eigenvalue weighted by molar-refractivity contribution is 7.22. The van der Waals surface area contributed by atoms with Gasteiger partial charge in [-0.25, -0.2) is 9.78 Å². The van der Waals surface area contributed by atoms with E-state index in [1.54, 1.807) is 13.0 Å². The molecule has 2 aromatic heterocycles. The Morgan fingerprint density at radius 1 is 1.05 bits per heavy atom. The first-order valence-electron chi connectivity index (χ1n) is 12.7. The lowest BCUT2D eigenvalue weighted by atomic mass is 9.90. The second-order valence-electron chi connectivity index (χ2n) is 10.6. The van der Waals surface area contributed by atoms with Gasteiger partial charge in [0.05, 0.1) is 21.5 Å². The van der Waals surface area contributed by atoms with E-state index in [1.807, 2.05) is 76.2 Å². The molecule has 0 saturated heterocycles.